The minimum Gasteiger partial charge on any atom is -0.329 e. The molecular formula is C14H26N6. The first kappa shape index (κ1) is 15.3. The lowest BCUT2D eigenvalue weighted by Gasteiger charge is -2.38. The predicted octanol–water partition coefficient (Wildman–Crippen LogP) is -0.344. The Balaban J connectivity index is 1.86. The molecule has 1 unspecified atom stereocenters. The van der Waals surface area contributed by atoms with E-state index in [-0.39, 0.29) is 6.04 Å². The van der Waals surface area contributed by atoms with Crippen molar-refractivity contribution in [3.8, 4) is 0 Å². The van der Waals surface area contributed by atoms with Gasteiger partial charge < -0.3 is 10.6 Å². The summed E-state index contributed by atoms with van der Waals surface area (Å²) >= 11 is 0. The van der Waals surface area contributed by atoms with E-state index in [4.69, 9.17) is 5.73 Å². The summed E-state index contributed by atoms with van der Waals surface area (Å²) in [6, 6.07) is 2.18. The molecule has 20 heavy (non-hydrogen) atoms. The molecule has 1 aliphatic rings. The van der Waals surface area contributed by atoms with E-state index < -0.39 is 0 Å². The van der Waals surface area contributed by atoms with Crippen LogP contribution in [0.4, 0.5) is 0 Å². The smallest absolute Gasteiger partial charge is 0.115 e. The Morgan fingerprint density at radius 2 is 2.05 bits per heavy atom. The van der Waals surface area contributed by atoms with Crippen LogP contribution in [-0.4, -0.2) is 84.6 Å². The van der Waals surface area contributed by atoms with Crippen LogP contribution >= 0.6 is 0 Å². The van der Waals surface area contributed by atoms with Crippen molar-refractivity contribution in [1.29, 1.82) is 0 Å². The third kappa shape index (κ3) is 4.21. The Morgan fingerprint density at radius 3 is 2.60 bits per heavy atom. The van der Waals surface area contributed by atoms with Crippen LogP contribution in [0.2, 0.25) is 0 Å². The highest BCUT2D eigenvalue weighted by atomic mass is 15.3. The molecule has 112 valence electrons. The van der Waals surface area contributed by atoms with Crippen LogP contribution in [0.1, 0.15) is 11.7 Å². The van der Waals surface area contributed by atoms with Gasteiger partial charge >= 0.3 is 0 Å². The van der Waals surface area contributed by atoms with Crippen molar-refractivity contribution in [3.05, 3.63) is 24.3 Å². The molecule has 1 atom stereocenters. The molecule has 0 bridgehead atoms. The van der Waals surface area contributed by atoms with Crippen LogP contribution in [0.25, 0.3) is 0 Å². The molecule has 0 saturated carbocycles. The molecular weight excluding hydrogens is 252 g/mol. The fourth-order valence-electron chi connectivity index (χ4n) is 2.59. The zero-order valence-corrected chi connectivity index (χ0v) is 12.6. The van der Waals surface area contributed by atoms with Crippen LogP contribution in [0.5, 0.6) is 0 Å². The Labute approximate surface area is 121 Å². The Morgan fingerprint density at radius 1 is 1.30 bits per heavy atom. The lowest BCUT2D eigenvalue weighted by atomic mass is 10.1. The lowest BCUT2D eigenvalue weighted by molar-refractivity contribution is 0.0925. The molecule has 1 aromatic heterocycles. The van der Waals surface area contributed by atoms with Crippen molar-refractivity contribution in [2.24, 2.45) is 5.73 Å². The second kappa shape index (κ2) is 7.64. The number of hydrogen-bond acceptors (Lipinski definition) is 6. The first-order chi connectivity index (χ1) is 9.70. The minimum atomic E-state index is 0.217. The standard InChI is InChI=1S/C14H26N6/c1-18(2)5-6-19-7-9-20(10-8-19)14(11-15)13-3-4-16-12-17-13/h3-4,12,14H,5-11,15H2,1-2H3. The van der Waals surface area contributed by atoms with E-state index in [9.17, 15) is 0 Å². The van der Waals surface area contributed by atoms with Gasteiger partial charge in [0.2, 0.25) is 0 Å². The molecule has 1 aromatic rings. The fourth-order valence-corrected chi connectivity index (χ4v) is 2.59. The maximum Gasteiger partial charge on any atom is 0.115 e. The van der Waals surface area contributed by atoms with Crippen LogP contribution in [0, 0.1) is 0 Å². The van der Waals surface area contributed by atoms with Gasteiger partial charge in [0.05, 0.1) is 11.7 Å². The zero-order chi connectivity index (χ0) is 14.4. The molecule has 0 aromatic carbocycles. The molecule has 2 rings (SSSR count). The monoisotopic (exact) mass is 278 g/mol. The number of piperazine rings is 1. The number of aromatic nitrogens is 2. The second-order valence-electron chi connectivity index (χ2n) is 5.57. The number of nitrogens with two attached hydrogens (primary N) is 1. The Kier molecular flexibility index (Phi) is 5.85. The van der Waals surface area contributed by atoms with E-state index in [2.05, 4.69) is 38.8 Å². The summed E-state index contributed by atoms with van der Waals surface area (Å²) in [6.45, 7) is 7.19. The fraction of sp³-hybridized carbons (Fsp3) is 0.714. The number of likely N-dealkylation sites (N-methyl/N-ethyl adjacent to an activating group) is 1. The van der Waals surface area contributed by atoms with Crippen molar-refractivity contribution >= 4 is 0 Å². The van der Waals surface area contributed by atoms with Gasteiger partial charge in [0.25, 0.3) is 0 Å². The van der Waals surface area contributed by atoms with E-state index in [1.165, 1.54) is 0 Å². The first-order valence-electron chi connectivity index (χ1n) is 7.28. The molecule has 2 heterocycles. The van der Waals surface area contributed by atoms with E-state index in [0.29, 0.717) is 6.54 Å². The van der Waals surface area contributed by atoms with E-state index in [1.807, 2.05) is 6.07 Å². The molecule has 0 spiro atoms. The van der Waals surface area contributed by atoms with Gasteiger partial charge in [0.15, 0.2) is 0 Å². The van der Waals surface area contributed by atoms with Crippen LogP contribution < -0.4 is 5.73 Å². The summed E-state index contributed by atoms with van der Waals surface area (Å²) in [5.41, 5.74) is 6.98. The quantitative estimate of drug-likeness (QED) is 0.768. The summed E-state index contributed by atoms with van der Waals surface area (Å²) in [4.78, 5) is 15.5. The van der Waals surface area contributed by atoms with Gasteiger partial charge in [-0.25, -0.2) is 9.97 Å². The summed E-state index contributed by atoms with van der Waals surface area (Å²) in [5.74, 6) is 0. The molecule has 2 N–H and O–H groups in total. The topological polar surface area (TPSA) is 61.5 Å². The molecule has 6 nitrogen and oxygen atoms in total. The first-order valence-corrected chi connectivity index (χ1v) is 7.28. The highest BCUT2D eigenvalue weighted by Gasteiger charge is 2.24. The SMILES string of the molecule is CN(C)CCN1CCN(C(CN)c2ccncn2)CC1. The van der Waals surface area contributed by atoms with Gasteiger partial charge in [0.1, 0.15) is 6.33 Å². The second-order valence-corrected chi connectivity index (χ2v) is 5.57. The van der Waals surface area contributed by atoms with Gasteiger partial charge in [-0.05, 0) is 20.2 Å². The third-order valence-electron chi connectivity index (χ3n) is 3.88. The lowest BCUT2D eigenvalue weighted by Crippen LogP contribution is -2.50. The van der Waals surface area contributed by atoms with E-state index in [0.717, 1.165) is 45.0 Å². The van der Waals surface area contributed by atoms with Crippen molar-refractivity contribution in [1.82, 2.24) is 24.7 Å². The van der Waals surface area contributed by atoms with E-state index >= 15 is 0 Å². The molecule has 1 fully saturated rings. The zero-order valence-electron chi connectivity index (χ0n) is 12.6. The summed E-state index contributed by atoms with van der Waals surface area (Å²) in [7, 11) is 4.24. The number of rotatable bonds is 6. The molecule has 0 amide bonds. The summed E-state index contributed by atoms with van der Waals surface area (Å²) < 4.78 is 0. The Bertz CT molecular complexity index is 375. The van der Waals surface area contributed by atoms with Gasteiger partial charge in [-0.1, -0.05) is 0 Å². The van der Waals surface area contributed by atoms with Gasteiger partial charge in [-0.3, -0.25) is 9.80 Å². The normalized spacial score (nSPS) is 19.4. The molecule has 0 aliphatic carbocycles. The third-order valence-corrected chi connectivity index (χ3v) is 3.88. The van der Waals surface area contributed by atoms with E-state index in [1.54, 1.807) is 12.5 Å². The van der Waals surface area contributed by atoms with Crippen molar-refractivity contribution < 1.29 is 0 Å². The van der Waals surface area contributed by atoms with Crippen LogP contribution in [-0.2, 0) is 0 Å². The van der Waals surface area contributed by atoms with Crippen LogP contribution in [0.3, 0.4) is 0 Å². The molecule has 0 radical (unpaired) electrons. The minimum absolute atomic E-state index is 0.217. The van der Waals surface area contributed by atoms with Crippen molar-refractivity contribution in [2.45, 2.75) is 6.04 Å². The highest BCUT2D eigenvalue weighted by Crippen LogP contribution is 2.18. The van der Waals surface area contributed by atoms with Gasteiger partial charge in [0, 0.05) is 52.0 Å². The maximum absolute atomic E-state index is 5.95. The number of hydrogen-bond donors (Lipinski definition) is 1. The maximum atomic E-state index is 5.95. The van der Waals surface area contributed by atoms with Crippen molar-refractivity contribution in [3.63, 3.8) is 0 Å². The van der Waals surface area contributed by atoms with Crippen LogP contribution in [0.15, 0.2) is 18.6 Å². The molecule has 6 heteroatoms. The predicted molar refractivity (Wildman–Crippen MR) is 80.4 cm³/mol. The van der Waals surface area contributed by atoms with Gasteiger partial charge in [-0.2, -0.15) is 0 Å². The molecule has 1 aliphatic heterocycles. The average Bonchev–Trinajstić information content (AvgIpc) is 2.48. The largest absolute Gasteiger partial charge is 0.329 e. The molecule has 1 saturated heterocycles. The average molecular weight is 278 g/mol. The summed E-state index contributed by atoms with van der Waals surface area (Å²) in [5, 5.41) is 0. The Hall–Kier alpha value is -1.08. The van der Waals surface area contributed by atoms with Crippen molar-refractivity contribution in [2.75, 3.05) is 59.9 Å². The summed E-state index contributed by atoms with van der Waals surface area (Å²) in [6.07, 6.45) is 3.39. The highest BCUT2D eigenvalue weighted by molar-refractivity contribution is 5.06. The number of nitrogens with zero attached hydrogens (tertiary/aromatic N) is 5. The van der Waals surface area contributed by atoms with Gasteiger partial charge in [-0.15, -0.1) is 0 Å².